The largest absolute Gasteiger partial charge is 0.484 e. The first-order valence-corrected chi connectivity index (χ1v) is 8.07. The number of carbonyl (C=O) groups excluding carboxylic acids is 1. The summed E-state index contributed by atoms with van der Waals surface area (Å²) in [4.78, 5) is 15.4. The Bertz CT molecular complexity index is 769. The number of benzene rings is 1. The van der Waals surface area contributed by atoms with E-state index >= 15 is 0 Å². The smallest absolute Gasteiger partial charge is 0.417 e. The number of carbonyl (C=O) groups is 1. The first kappa shape index (κ1) is 19.8. The molecule has 2 rings (SSSR count). The predicted molar refractivity (Wildman–Crippen MR) is 92.4 cm³/mol. The van der Waals surface area contributed by atoms with E-state index in [1.807, 2.05) is 25.1 Å². The highest BCUT2D eigenvalue weighted by Gasteiger charge is 2.31. The molecule has 26 heavy (non-hydrogen) atoms. The SMILES string of the molecule is Cc1ccccc1OCC(=O)NCCNc1ncc(C(F)(F)F)cc1Cl. The van der Waals surface area contributed by atoms with Gasteiger partial charge in [-0.1, -0.05) is 29.8 Å². The number of nitrogens with one attached hydrogen (secondary N) is 2. The number of amides is 1. The van der Waals surface area contributed by atoms with Gasteiger partial charge in [0, 0.05) is 19.3 Å². The number of aromatic nitrogens is 1. The van der Waals surface area contributed by atoms with Crippen molar-refractivity contribution in [2.75, 3.05) is 25.0 Å². The molecule has 0 atom stereocenters. The fourth-order valence-electron chi connectivity index (χ4n) is 2.02. The molecular weight excluding hydrogens is 371 g/mol. The zero-order valence-corrected chi connectivity index (χ0v) is 14.6. The van der Waals surface area contributed by atoms with Gasteiger partial charge in [0.1, 0.15) is 11.6 Å². The van der Waals surface area contributed by atoms with Gasteiger partial charge in [0.25, 0.3) is 5.91 Å². The van der Waals surface area contributed by atoms with Crippen molar-refractivity contribution in [1.29, 1.82) is 0 Å². The van der Waals surface area contributed by atoms with Gasteiger partial charge >= 0.3 is 6.18 Å². The van der Waals surface area contributed by atoms with Gasteiger partial charge in [-0.3, -0.25) is 4.79 Å². The van der Waals surface area contributed by atoms with Crippen molar-refractivity contribution in [2.45, 2.75) is 13.1 Å². The monoisotopic (exact) mass is 387 g/mol. The van der Waals surface area contributed by atoms with E-state index in [0.717, 1.165) is 11.6 Å². The van der Waals surface area contributed by atoms with Crippen molar-refractivity contribution in [2.24, 2.45) is 0 Å². The van der Waals surface area contributed by atoms with Crippen LogP contribution in [0.2, 0.25) is 5.02 Å². The van der Waals surface area contributed by atoms with E-state index in [1.165, 1.54) is 0 Å². The highest BCUT2D eigenvalue weighted by molar-refractivity contribution is 6.32. The molecule has 5 nitrogen and oxygen atoms in total. The molecule has 0 radical (unpaired) electrons. The van der Waals surface area contributed by atoms with Crippen molar-refractivity contribution in [3.8, 4) is 5.75 Å². The fourth-order valence-corrected chi connectivity index (χ4v) is 2.25. The molecule has 0 fully saturated rings. The molecule has 0 bridgehead atoms. The van der Waals surface area contributed by atoms with Gasteiger partial charge in [-0.2, -0.15) is 13.2 Å². The van der Waals surface area contributed by atoms with E-state index in [-0.39, 0.29) is 36.4 Å². The zero-order valence-electron chi connectivity index (χ0n) is 13.9. The van der Waals surface area contributed by atoms with Crippen LogP contribution in [0, 0.1) is 6.92 Å². The second kappa shape index (κ2) is 8.75. The molecule has 0 unspecified atom stereocenters. The minimum Gasteiger partial charge on any atom is -0.484 e. The Kier molecular flexibility index (Phi) is 6.68. The van der Waals surface area contributed by atoms with E-state index in [0.29, 0.717) is 11.9 Å². The number of rotatable bonds is 7. The van der Waals surface area contributed by atoms with Gasteiger partial charge < -0.3 is 15.4 Å². The lowest BCUT2D eigenvalue weighted by Crippen LogP contribution is -2.32. The van der Waals surface area contributed by atoms with Crippen LogP contribution in [0.4, 0.5) is 19.0 Å². The molecule has 0 saturated carbocycles. The normalized spacial score (nSPS) is 11.1. The fraction of sp³-hybridized carbons (Fsp3) is 0.294. The molecule has 0 aliphatic rings. The Balaban J connectivity index is 1.73. The van der Waals surface area contributed by atoms with Gasteiger partial charge in [0.15, 0.2) is 6.61 Å². The van der Waals surface area contributed by atoms with E-state index in [9.17, 15) is 18.0 Å². The summed E-state index contributed by atoms with van der Waals surface area (Å²) in [7, 11) is 0. The van der Waals surface area contributed by atoms with E-state index < -0.39 is 11.7 Å². The predicted octanol–water partition coefficient (Wildman–Crippen LogP) is 3.67. The molecule has 1 amide bonds. The maximum atomic E-state index is 12.5. The number of halogens is 4. The van der Waals surface area contributed by atoms with Crippen LogP contribution in [0.3, 0.4) is 0 Å². The standard InChI is InChI=1S/C17H17ClF3N3O2/c1-11-4-2-3-5-14(11)26-10-15(25)22-6-7-23-16-13(18)8-12(9-24-16)17(19,20)21/h2-5,8-9H,6-7,10H2,1H3,(H,22,25)(H,23,24). The summed E-state index contributed by atoms with van der Waals surface area (Å²) >= 11 is 5.78. The maximum absolute atomic E-state index is 12.5. The molecule has 0 aliphatic carbocycles. The van der Waals surface area contributed by atoms with Crippen LogP contribution >= 0.6 is 11.6 Å². The maximum Gasteiger partial charge on any atom is 0.417 e. The number of nitrogens with zero attached hydrogens (tertiary/aromatic N) is 1. The van der Waals surface area contributed by atoms with Gasteiger partial charge in [0.05, 0.1) is 10.6 Å². The number of para-hydroxylation sites is 1. The van der Waals surface area contributed by atoms with Crippen LogP contribution in [-0.2, 0) is 11.0 Å². The van der Waals surface area contributed by atoms with Gasteiger partial charge in [-0.15, -0.1) is 0 Å². The van der Waals surface area contributed by atoms with E-state index in [1.54, 1.807) is 6.07 Å². The van der Waals surface area contributed by atoms with E-state index in [2.05, 4.69) is 15.6 Å². The molecule has 0 saturated heterocycles. The van der Waals surface area contributed by atoms with E-state index in [4.69, 9.17) is 16.3 Å². The summed E-state index contributed by atoms with van der Waals surface area (Å²) in [5.74, 6) is 0.424. The Morgan fingerprint density at radius 3 is 2.65 bits per heavy atom. The Labute approximate surface area is 153 Å². The molecule has 1 aromatic carbocycles. The zero-order chi connectivity index (χ0) is 19.2. The second-order valence-electron chi connectivity index (χ2n) is 5.38. The molecule has 1 heterocycles. The Morgan fingerprint density at radius 1 is 1.27 bits per heavy atom. The quantitative estimate of drug-likeness (QED) is 0.711. The van der Waals surface area contributed by atoms with Crippen molar-refractivity contribution in [3.05, 3.63) is 52.7 Å². The number of hydrogen-bond donors (Lipinski definition) is 2. The number of aryl methyl sites for hydroxylation is 1. The van der Waals surface area contributed by atoms with Gasteiger partial charge in [0.2, 0.25) is 0 Å². The number of ether oxygens (including phenoxy) is 1. The highest BCUT2D eigenvalue weighted by Crippen LogP contribution is 2.32. The molecule has 2 aromatic rings. The van der Waals surface area contributed by atoms with Crippen molar-refractivity contribution in [1.82, 2.24) is 10.3 Å². The third kappa shape index (κ3) is 5.80. The summed E-state index contributed by atoms with van der Waals surface area (Å²) < 4.78 is 43.0. The minimum absolute atomic E-state index is 0.116. The van der Waals surface area contributed by atoms with Crippen molar-refractivity contribution < 1.29 is 22.7 Å². The topological polar surface area (TPSA) is 63.2 Å². The highest BCUT2D eigenvalue weighted by atomic mass is 35.5. The average molecular weight is 388 g/mol. The van der Waals surface area contributed by atoms with Gasteiger partial charge in [-0.05, 0) is 24.6 Å². The van der Waals surface area contributed by atoms with Gasteiger partial charge in [-0.25, -0.2) is 4.98 Å². The van der Waals surface area contributed by atoms with Crippen LogP contribution in [0.1, 0.15) is 11.1 Å². The molecule has 1 aromatic heterocycles. The van der Waals surface area contributed by atoms with Crippen LogP contribution in [0.5, 0.6) is 5.75 Å². The van der Waals surface area contributed by atoms with Crippen molar-refractivity contribution in [3.63, 3.8) is 0 Å². The second-order valence-corrected chi connectivity index (χ2v) is 5.79. The third-order valence-corrected chi connectivity index (χ3v) is 3.65. The average Bonchev–Trinajstić information content (AvgIpc) is 2.58. The summed E-state index contributed by atoms with van der Waals surface area (Å²) in [5, 5.41) is 5.24. The lowest BCUT2D eigenvalue weighted by molar-refractivity contribution is -0.137. The summed E-state index contributed by atoms with van der Waals surface area (Å²) in [6, 6.07) is 8.12. The van der Waals surface area contributed by atoms with Crippen LogP contribution in [-0.4, -0.2) is 30.6 Å². The number of pyridine rings is 1. The molecule has 2 N–H and O–H groups in total. The Hall–Kier alpha value is -2.48. The molecule has 140 valence electrons. The molecule has 9 heteroatoms. The lowest BCUT2D eigenvalue weighted by Gasteiger charge is -2.12. The summed E-state index contributed by atoms with van der Waals surface area (Å²) in [6.07, 6.45) is -3.80. The summed E-state index contributed by atoms with van der Waals surface area (Å²) in [5.41, 5.74) is -0.000284. The number of anilines is 1. The molecule has 0 spiro atoms. The molecular formula is C17H17ClF3N3O2. The van der Waals surface area contributed by atoms with Crippen molar-refractivity contribution >= 4 is 23.3 Å². The van der Waals surface area contributed by atoms with Crippen LogP contribution < -0.4 is 15.4 Å². The number of alkyl halides is 3. The van der Waals surface area contributed by atoms with Crippen LogP contribution in [0.25, 0.3) is 0 Å². The number of hydrogen-bond acceptors (Lipinski definition) is 4. The third-order valence-electron chi connectivity index (χ3n) is 3.36. The Morgan fingerprint density at radius 2 is 2.00 bits per heavy atom. The first-order valence-electron chi connectivity index (χ1n) is 7.69. The summed E-state index contributed by atoms with van der Waals surface area (Å²) in [6.45, 7) is 2.21. The molecule has 0 aliphatic heterocycles. The minimum atomic E-state index is -4.50. The first-order chi connectivity index (χ1) is 12.3. The lowest BCUT2D eigenvalue weighted by atomic mass is 10.2. The van der Waals surface area contributed by atoms with Crippen LogP contribution in [0.15, 0.2) is 36.5 Å².